The summed E-state index contributed by atoms with van der Waals surface area (Å²) in [5.41, 5.74) is 0. The Morgan fingerprint density at radius 1 is 0.571 bits per heavy atom. The van der Waals surface area contributed by atoms with E-state index in [2.05, 4.69) is 61.5 Å². The number of benzene rings is 3. The van der Waals surface area contributed by atoms with Crippen molar-refractivity contribution < 1.29 is 4.74 Å². The topological polar surface area (TPSA) is 9.23 Å². The molecule has 150 valence electrons. The molecule has 0 amide bonds. The first kappa shape index (κ1) is 20.7. The highest BCUT2D eigenvalue weighted by Crippen LogP contribution is 2.30. The molecule has 0 aliphatic rings. The van der Waals surface area contributed by atoms with Crippen LogP contribution in [0, 0.1) is 0 Å². The van der Waals surface area contributed by atoms with E-state index in [-0.39, 0.29) is 0 Å². The second-order valence-electron chi connectivity index (χ2n) is 8.06. The summed E-state index contributed by atoms with van der Waals surface area (Å²) in [4.78, 5) is 0. The zero-order valence-electron chi connectivity index (χ0n) is 17.6. The summed E-state index contributed by atoms with van der Waals surface area (Å²) < 4.78 is 6.15. The molecule has 1 heteroatoms. The van der Waals surface area contributed by atoms with Crippen LogP contribution in [0.4, 0.5) is 0 Å². The van der Waals surface area contributed by atoms with Gasteiger partial charge in [0.2, 0.25) is 0 Å². The monoisotopic (exact) mass is 376 g/mol. The molecule has 0 spiro atoms. The maximum atomic E-state index is 6.15. The minimum atomic E-state index is 0.822. The molecular weight excluding hydrogens is 340 g/mol. The third-order valence-electron chi connectivity index (χ3n) is 5.71. The van der Waals surface area contributed by atoms with Crippen LogP contribution in [-0.2, 0) is 0 Å². The smallest absolute Gasteiger partial charge is 0.127 e. The summed E-state index contributed by atoms with van der Waals surface area (Å²) in [5, 5.41) is 5.05. The summed E-state index contributed by atoms with van der Waals surface area (Å²) in [6, 6.07) is 19.5. The molecule has 0 fully saturated rings. The van der Waals surface area contributed by atoms with Crippen molar-refractivity contribution in [2.24, 2.45) is 0 Å². The Morgan fingerprint density at radius 3 is 1.82 bits per heavy atom. The van der Waals surface area contributed by atoms with Crippen LogP contribution in [-0.4, -0.2) is 6.61 Å². The maximum absolute atomic E-state index is 6.15. The normalized spacial score (nSPS) is 11.3. The summed E-state index contributed by atoms with van der Waals surface area (Å²) >= 11 is 0. The third-order valence-corrected chi connectivity index (χ3v) is 5.71. The molecule has 0 radical (unpaired) electrons. The van der Waals surface area contributed by atoms with E-state index < -0.39 is 0 Å². The highest BCUT2D eigenvalue weighted by molar-refractivity contribution is 6.00. The van der Waals surface area contributed by atoms with Crippen LogP contribution in [0.25, 0.3) is 21.5 Å². The molecular formula is C27H36O. The van der Waals surface area contributed by atoms with Crippen LogP contribution < -0.4 is 4.74 Å². The van der Waals surface area contributed by atoms with E-state index in [9.17, 15) is 0 Å². The predicted octanol–water partition coefficient (Wildman–Crippen LogP) is 8.68. The van der Waals surface area contributed by atoms with Gasteiger partial charge in [-0.3, -0.25) is 0 Å². The van der Waals surface area contributed by atoms with Crippen molar-refractivity contribution in [1.29, 1.82) is 0 Å². The van der Waals surface area contributed by atoms with Gasteiger partial charge in [0.1, 0.15) is 5.75 Å². The molecule has 0 saturated heterocycles. The zero-order chi connectivity index (χ0) is 19.4. The maximum Gasteiger partial charge on any atom is 0.127 e. The quantitative estimate of drug-likeness (QED) is 0.214. The molecule has 3 rings (SSSR count). The van der Waals surface area contributed by atoms with Crippen molar-refractivity contribution in [2.75, 3.05) is 6.61 Å². The fourth-order valence-corrected chi connectivity index (χ4v) is 4.01. The van der Waals surface area contributed by atoms with Gasteiger partial charge in [0.15, 0.2) is 0 Å². The Morgan fingerprint density at radius 2 is 1.14 bits per heavy atom. The van der Waals surface area contributed by atoms with Crippen LogP contribution in [0.2, 0.25) is 0 Å². The minimum Gasteiger partial charge on any atom is -0.493 e. The molecule has 0 atom stereocenters. The summed E-state index contributed by atoms with van der Waals surface area (Å²) in [5.74, 6) is 1.02. The molecule has 0 aromatic heterocycles. The number of hydrogen-bond acceptors (Lipinski definition) is 1. The Kier molecular flexibility index (Phi) is 8.68. The van der Waals surface area contributed by atoms with Crippen molar-refractivity contribution in [1.82, 2.24) is 0 Å². The summed E-state index contributed by atoms with van der Waals surface area (Å²) in [7, 11) is 0. The lowest BCUT2D eigenvalue weighted by molar-refractivity contribution is 0.307. The molecule has 3 aromatic rings. The zero-order valence-corrected chi connectivity index (χ0v) is 17.6. The fraction of sp³-hybridized carbons (Fsp3) is 0.481. The number of ether oxygens (including phenoxy) is 1. The van der Waals surface area contributed by atoms with Gasteiger partial charge in [-0.25, -0.2) is 0 Å². The Hall–Kier alpha value is -2.02. The lowest BCUT2D eigenvalue weighted by atomic mass is 10.0. The minimum absolute atomic E-state index is 0.822. The molecule has 0 aliphatic carbocycles. The molecule has 28 heavy (non-hydrogen) atoms. The van der Waals surface area contributed by atoms with E-state index in [1.54, 1.807) is 0 Å². The largest absolute Gasteiger partial charge is 0.493 e. The molecule has 3 aromatic carbocycles. The Labute approximate surface area is 171 Å². The fourth-order valence-electron chi connectivity index (χ4n) is 4.01. The average Bonchev–Trinajstić information content (AvgIpc) is 2.73. The molecule has 0 N–H and O–H groups in total. The van der Waals surface area contributed by atoms with Crippen LogP contribution in [0.3, 0.4) is 0 Å². The molecule has 0 aliphatic heterocycles. The van der Waals surface area contributed by atoms with Gasteiger partial charge in [0.25, 0.3) is 0 Å². The standard InChI is InChI=1S/C27H36O/c1-2-3-4-5-6-7-8-9-10-11-14-20-28-27-19-15-18-25-21-23-16-12-13-17-24(23)22-26(25)27/h12-13,15-19,21-22H,2-11,14,20H2,1H3. The van der Waals surface area contributed by atoms with Gasteiger partial charge in [-0.2, -0.15) is 0 Å². The van der Waals surface area contributed by atoms with Crippen molar-refractivity contribution in [3.63, 3.8) is 0 Å². The van der Waals surface area contributed by atoms with Crippen LogP contribution >= 0.6 is 0 Å². The van der Waals surface area contributed by atoms with Gasteiger partial charge >= 0.3 is 0 Å². The van der Waals surface area contributed by atoms with E-state index in [4.69, 9.17) is 4.74 Å². The van der Waals surface area contributed by atoms with E-state index in [0.29, 0.717) is 0 Å². The van der Waals surface area contributed by atoms with Crippen molar-refractivity contribution in [3.05, 3.63) is 54.6 Å². The van der Waals surface area contributed by atoms with E-state index in [0.717, 1.165) is 18.8 Å². The van der Waals surface area contributed by atoms with E-state index >= 15 is 0 Å². The van der Waals surface area contributed by atoms with Crippen LogP contribution in [0.15, 0.2) is 54.6 Å². The number of unbranched alkanes of at least 4 members (excludes halogenated alkanes) is 10. The van der Waals surface area contributed by atoms with E-state index in [1.807, 2.05) is 0 Å². The Bertz CT molecular complexity index is 836. The van der Waals surface area contributed by atoms with Crippen molar-refractivity contribution >= 4 is 21.5 Å². The highest BCUT2D eigenvalue weighted by atomic mass is 16.5. The number of hydrogen-bond donors (Lipinski definition) is 0. The van der Waals surface area contributed by atoms with Crippen LogP contribution in [0.5, 0.6) is 5.75 Å². The number of rotatable bonds is 13. The van der Waals surface area contributed by atoms with Gasteiger partial charge < -0.3 is 4.74 Å². The van der Waals surface area contributed by atoms with Crippen molar-refractivity contribution in [3.8, 4) is 5.75 Å². The van der Waals surface area contributed by atoms with Crippen molar-refractivity contribution in [2.45, 2.75) is 77.6 Å². The first-order chi connectivity index (χ1) is 13.9. The van der Waals surface area contributed by atoms with Gasteiger partial charge in [-0.15, -0.1) is 0 Å². The van der Waals surface area contributed by atoms with Gasteiger partial charge in [-0.05, 0) is 40.8 Å². The second kappa shape index (κ2) is 11.7. The highest BCUT2D eigenvalue weighted by Gasteiger charge is 2.04. The average molecular weight is 377 g/mol. The summed E-state index contributed by atoms with van der Waals surface area (Å²) in [6.45, 7) is 3.11. The van der Waals surface area contributed by atoms with Gasteiger partial charge in [0, 0.05) is 5.39 Å². The molecule has 1 nitrogen and oxygen atoms in total. The second-order valence-corrected chi connectivity index (χ2v) is 8.06. The Balaban J connectivity index is 1.36. The van der Waals surface area contributed by atoms with Gasteiger partial charge in [-0.1, -0.05) is 108 Å². The SMILES string of the molecule is CCCCCCCCCCCCCOc1cccc2cc3ccccc3cc12. The first-order valence-electron chi connectivity index (χ1n) is 11.4. The van der Waals surface area contributed by atoms with Crippen LogP contribution in [0.1, 0.15) is 77.6 Å². The lowest BCUT2D eigenvalue weighted by Crippen LogP contribution is -1.98. The molecule has 0 unspecified atom stereocenters. The molecule has 0 heterocycles. The summed E-state index contributed by atoms with van der Waals surface area (Å²) in [6.07, 6.45) is 15.0. The first-order valence-corrected chi connectivity index (χ1v) is 11.4. The van der Waals surface area contributed by atoms with E-state index in [1.165, 1.54) is 85.8 Å². The third kappa shape index (κ3) is 6.26. The lowest BCUT2D eigenvalue weighted by Gasteiger charge is -2.10. The predicted molar refractivity (Wildman–Crippen MR) is 123 cm³/mol. The molecule has 0 saturated carbocycles. The van der Waals surface area contributed by atoms with Gasteiger partial charge in [0.05, 0.1) is 6.61 Å². The number of fused-ring (bicyclic) bond motifs is 2. The molecule has 0 bridgehead atoms.